The molecule has 2 N–H and O–H groups in total. The van der Waals surface area contributed by atoms with E-state index in [4.69, 9.17) is 4.74 Å². The summed E-state index contributed by atoms with van der Waals surface area (Å²) in [7, 11) is 0. The highest BCUT2D eigenvalue weighted by Gasteiger charge is 2.20. The fraction of sp³-hybridized carbons (Fsp3) is 0.562. The van der Waals surface area contributed by atoms with Gasteiger partial charge in [-0.05, 0) is 55.4 Å². The molecule has 0 bridgehead atoms. The van der Waals surface area contributed by atoms with E-state index in [1.807, 2.05) is 18.2 Å². The minimum Gasteiger partial charge on any atom is -0.384 e. The van der Waals surface area contributed by atoms with Gasteiger partial charge in [0.25, 0.3) is 5.91 Å². The first-order valence-electron chi connectivity index (χ1n) is 7.55. The molecule has 108 valence electrons. The second-order valence-corrected chi connectivity index (χ2v) is 5.68. The van der Waals surface area contributed by atoms with Gasteiger partial charge in [-0.25, -0.2) is 0 Å². The molecule has 0 aromatic heterocycles. The van der Waals surface area contributed by atoms with Crippen LogP contribution in [0.25, 0.3) is 0 Å². The normalized spacial score (nSPS) is 16.6. The number of ether oxygens (including phenoxy) is 1. The Morgan fingerprint density at radius 2 is 2.30 bits per heavy atom. The predicted molar refractivity (Wildman–Crippen MR) is 79.1 cm³/mol. The molecule has 4 nitrogen and oxygen atoms in total. The number of anilines is 1. The van der Waals surface area contributed by atoms with Gasteiger partial charge in [0, 0.05) is 37.6 Å². The summed E-state index contributed by atoms with van der Waals surface area (Å²) in [5.74, 6) is 0.825. The quantitative estimate of drug-likeness (QED) is 0.749. The lowest BCUT2D eigenvalue weighted by Gasteiger charge is -2.07. The van der Waals surface area contributed by atoms with Gasteiger partial charge in [-0.15, -0.1) is 0 Å². The number of nitrogens with one attached hydrogen (secondary N) is 2. The zero-order valence-corrected chi connectivity index (χ0v) is 11.8. The molecule has 1 aromatic rings. The summed E-state index contributed by atoms with van der Waals surface area (Å²) in [5, 5.41) is 6.25. The van der Waals surface area contributed by atoms with Gasteiger partial charge in [0.2, 0.25) is 0 Å². The highest BCUT2D eigenvalue weighted by molar-refractivity contribution is 5.95. The smallest absolute Gasteiger partial charge is 0.251 e. The van der Waals surface area contributed by atoms with Crippen LogP contribution in [-0.4, -0.2) is 32.2 Å². The Kier molecular flexibility index (Phi) is 4.21. The molecule has 3 rings (SSSR count). The number of carbonyl (C=O) groups excluding carboxylic acids is 1. The van der Waals surface area contributed by atoms with Crippen LogP contribution in [0.3, 0.4) is 0 Å². The Morgan fingerprint density at radius 3 is 3.15 bits per heavy atom. The number of carbonyl (C=O) groups is 1. The minimum atomic E-state index is 0.0156. The van der Waals surface area contributed by atoms with E-state index in [1.165, 1.54) is 18.4 Å². The van der Waals surface area contributed by atoms with Crippen molar-refractivity contribution in [2.45, 2.75) is 25.7 Å². The van der Waals surface area contributed by atoms with Gasteiger partial charge in [-0.3, -0.25) is 4.79 Å². The van der Waals surface area contributed by atoms with Gasteiger partial charge in [-0.2, -0.15) is 0 Å². The number of hydrogen-bond donors (Lipinski definition) is 2. The van der Waals surface area contributed by atoms with Crippen molar-refractivity contribution in [3.05, 3.63) is 29.3 Å². The first kappa shape index (κ1) is 13.4. The fourth-order valence-corrected chi connectivity index (χ4v) is 2.46. The van der Waals surface area contributed by atoms with E-state index in [0.717, 1.165) is 49.8 Å². The van der Waals surface area contributed by atoms with Gasteiger partial charge >= 0.3 is 0 Å². The van der Waals surface area contributed by atoms with Gasteiger partial charge in [-0.1, -0.05) is 0 Å². The lowest BCUT2D eigenvalue weighted by molar-refractivity contribution is 0.0937. The first-order chi connectivity index (χ1) is 9.83. The molecule has 1 saturated carbocycles. The summed E-state index contributed by atoms with van der Waals surface area (Å²) >= 11 is 0. The molecule has 1 aliphatic carbocycles. The van der Waals surface area contributed by atoms with Crippen molar-refractivity contribution < 1.29 is 9.53 Å². The summed E-state index contributed by atoms with van der Waals surface area (Å²) in [6.07, 6.45) is 4.53. The summed E-state index contributed by atoms with van der Waals surface area (Å²) in [4.78, 5) is 12.0. The topological polar surface area (TPSA) is 50.4 Å². The van der Waals surface area contributed by atoms with E-state index in [1.54, 1.807) is 0 Å². The SMILES string of the molecule is O=C(NCCCOCC1CC1)c1ccc2c(c1)CCN2. The van der Waals surface area contributed by atoms with Gasteiger partial charge in [0.15, 0.2) is 0 Å². The third-order valence-corrected chi connectivity index (χ3v) is 3.88. The minimum absolute atomic E-state index is 0.0156. The molecule has 0 unspecified atom stereocenters. The number of rotatable bonds is 7. The van der Waals surface area contributed by atoms with Gasteiger partial charge in [0.1, 0.15) is 0 Å². The monoisotopic (exact) mass is 274 g/mol. The zero-order valence-electron chi connectivity index (χ0n) is 11.8. The summed E-state index contributed by atoms with van der Waals surface area (Å²) in [6, 6.07) is 5.88. The lowest BCUT2D eigenvalue weighted by atomic mass is 10.1. The van der Waals surface area contributed by atoms with Crippen LogP contribution in [0, 0.1) is 5.92 Å². The molecule has 0 radical (unpaired) electrons. The maximum absolute atomic E-state index is 12.0. The second kappa shape index (κ2) is 6.27. The Labute approximate surface area is 119 Å². The van der Waals surface area contributed by atoms with Gasteiger partial charge in [0.05, 0.1) is 0 Å². The van der Waals surface area contributed by atoms with Crippen LogP contribution < -0.4 is 10.6 Å². The van der Waals surface area contributed by atoms with E-state index in [-0.39, 0.29) is 5.91 Å². The molecule has 1 aromatic carbocycles. The molecule has 0 saturated heterocycles. The lowest BCUT2D eigenvalue weighted by Crippen LogP contribution is -2.25. The Balaban J connectivity index is 1.37. The van der Waals surface area contributed by atoms with Crippen LogP contribution in [0.5, 0.6) is 0 Å². The van der Waals surface area contributed by atoms with Crippen LogP contribution in [0.1, 0.15) is 35.2 Å². The number of benzene rings is 1. The van der Waals surface area contributed by atoms with Crippen LogP contribution >= 0.6 is 0 Å². The van der Waals surface area contributed by atoms with Gasteiger partial charge < -0.3 is 15.4 Å². The van der Waals surface area contributed by atoms with E-state index >= 15 is 0 Å². The highest BCUT2D eigenvalue weighted by atomic mass is 16.5. The Bertz CT molecular complexity index is 483. The summed E-state index contributed by atoms with van der Waals surface area (Å²) < 4.78 is 5.55. The van der Waals surface area contributed by atoms with Crippen molar-refractivity contribution in [1.29, 1.82) is 0 Å². The van der Waals surface area contributed by atoms with Crippen molar-refractivity contribution in [3.8, 4) is 0 Å². The number of hydrogen-bond acceptors (Lipinski definition) is 3. The van der Waals surface area contributed by atoms with Crippen molar-refractivity contribution in [3.63, 3.8) is 0 Å². The average Bonchev–Trinajstić information content (AvgIpc) is 3.17. The largest absolute Gasteiger partial charge is 0.384 e. The molecule has 1 fully saturated rings. The maximum atomic E-state index is 12.0. The first-order valence-corrected chi connectivity index (χ1v) is 7.55. The summed E-state index contributed by atoms with van der Waals surface area (Å²) in [6.45, 7) is 3.29. The maximum Gasteiger partial charge on any atom is 0.251 e. The molecular weight excluding hydrogens is 252 g/mol. The zero-order chi connectivity index (χ0) is 13.8. The average molecular weight is 274 g/mol. The van der Waals surface area contributed by atoms with Crippen molar-refractivity contribution >= 4 is 11.6 Å². The number of amides is 1. The standard InChI is InChI=1S/C16H22N2O2/c19-16(18-7-1-9-20-11-12-2-3-12)14-4-5-15-13(10-14)6-8-17-15/h4-5,10,12,17H,1-3,6-9,11H2,(H,18,19). The van der Waals surface area contributed by atoms with Crippen LogP contribution in [0.2, 0.25) is 0 Å². The molecule has 1 aliphatic heterocycles. The summed E-state index contributed by atoms with van der Waals surface area (Å²) in [5.41, 5.74) is 3.16. The molecule has 2 aliphatic rings. The Hall–Kier alpha value is -1.55. The number of fused-ring (bicyclic) bond motifs is 1. The second-order valence-electron chi connectivity index (χ2n) is 5.68. The van der Waals surface area contributed by atoms with Crippen LogP contribution in [-0.2, 0) is 11.2 Å². The van der Waals surface area contributed by atoms with E-state index in [9.17, 15) is 4.79 Å². The molecule has 1 amide bonds. The van der Waals surface area contributed by atoms with Crippen LogP contribution in [0.15, 0.2) is 18.2 Å². The molecule has 4 heteroatoms. The third kappa shape index (κ3) is 3.51. The van der Waals surface area contributed by atoms with E-state index in [2.05, 4.69) is 10.6 Å². The van der Waals surface area contributed by atoms with Crippen LogP contribution in [0.4, 0.5) is 5.69 Å². The van der Waals surface area contributed by atoms with Crippen molar-refractivity contribution in [2.24, 2.45) is 5.92 Å². The molecule has 0 atom stereocenters. The third-order valence-electron chi connectivity index (χ3n) is 3.88. The molecule has 20 heavy (non-hydrogen) atoms. The molecule has 0 spiro atoms. The highest BCUT2D eigenvalue weighted by Crippen LogP contribution is 2.28. The van der Waals surface area contributed by atoms with E-state index in [0.29, 0.717) is 6.54 Å². The van der Waals surface area contributed by atoms with E-state index < -0.39 is 0 Å². The fourth-order valence-electron chi connectivity index (χ4n) is 2.46. The molecule has 1 heterocycles. The van der Waals surface area contributed by atoms with Crippen molar-refractivity contribution in [1.82, 2.24) is 5.32 Å². The molecular formula is C16H22N2O2. The van der Waals surface area contributed by atoms with Crippen molar-refractivity contribution in [2.75, 3.05) is 31.6 Å². The Morgan fingerprint density at radius 1 is 1.40 bits per heavy atom. The predicted octanol–water partition coefficient (Wildman–Crippen LogP) is 2.20.